The molecule has 1 fully saturated rings. The Morgan fingerprint density at radius 1 is 0.577 bits per heavy atom. The first-order chi connectivity index (χ1) is 23.8. The Bertz CT molecular complexity index is 1820. The molecule has 2 aliphatic heterocycles. The first kappa shape index (κ1) is 45.8. The molecule has 4 amide bonds. The van der Waals surface area contributed by atoms with Gasteiger partial charge in [0.2, 0.25) is 11.8 Å². The Balaban J connectivity index is 0.000000780. The fraction of sp³-hybridized carbons (Fsp3) is 0.0556. The van der Waals surface area contributed by atoms with Crippen molar-refractivity contribution in [2.75, 3.05) is 9.80 Å². The molecule has 1 saturated heterocycles. The van der Waals surface area contributed by atoms with Gasteiger partial charge in [0.1, 0.15) is 11.5 Å². The van der Waals surface area contributed by atoms with Crippen LogP contribution in [0.5, 0.6) is 11.5 Å². The van der Waals surface area contributed by atoms with Crippen LogP contribution in [0.4, 0.5) is 11.4 Å². The number of carboxylic acids is 2. The fourth-order valence-corrected chi connectivity index (χ4v) is 3.98. The zero-order valence-electron chi connectivity index (χ0n) is 27.0. The van der Waals surface area contributed by atoms with Crippen LogP contribution in [0.25, 0.3) is 0 Å². The van der Waals surface area contributed by atoms with Crippen molar-refractivity contribution in [3.8, 4) is 11.5 Å². The largest absolute Gasteiger partial charge is 2.00 e. The molecule has 2 radical (unpaired) electrons. The van der Waals surface area contributed by atoms with E-state index in [0.29, 0.717) is 22.5 Å². The van der Waals surface area contributed by atoms with Crippen LogP contribution in [-0.4, -0.2) is 47.5 Å². The third-order valence-electron chi connectivity index (χ3n) is 6.10. The summed E-state index contributed by atoms with van der Waals surface area (Å²) in [6.45, 7) is 12.4. The molecule has 0 saturated carbocycles. The third-order valence-corrected chi connectivity index (χ3v) is 6.10. The molecule has 52 heavy (non-hydrogen) atoms. The minimum Gasteiger partial charge on any atom is -0.545 e. The topological polar surface area (TPSA) is 208 Å². The summed E-state index contributed by atoms with van der Waals surface area (Å²) in [4.78, 5) is 90.6. The SMILES string of the molecule is C=CC(=O)Oc1cccc(N2C(=O)CCC2=O)c1.C=CC(=O)Oc1cccc(N2C(=O)c3ccccc3C2=O)c1.C=CC(=O)[O-].C=CC(=O)[O-].[Co+2].[Mn+2]. The van der Waals surface area contributed by atoms with Crippen LogP contribution in [0.1, 0.15) is 33.6 Å². The Labute approximate surface area is 318 Å². The predicted octanol–water partition coefficient (Wildman–Crippen LogP) is 1.85. The molecular formula is C36H28CoMnN2O12+2. The molecule has 0 N–H and O–H groups in total. The van der Waals surface area contributed by atoms with Gasteiger partial charge >= 0.3 is 45.8 Å². The van der Waals surface area contributed by atoms with E-state index in [2.05, 4.69) is 26.3 Å². The number of anilines is 2. The maximum Gasteiger partial charge on any atom is 2.00 e. The molecule has 3 aromatic rings. The van der Waals surface area contributed by atoms with Crippen molar-refractivity contribution in [2.45, 2.75) is 12.8 Å². The van der Waals surface area contributed by atoms with Crippen molar-refractivity contribution in [2.24, 2.45) is 0 Å². The summed E-state index contributed by atoms with van der Waals surface area (Å²) in [7, 11) is 0. The molecule has 2 aliphatic rings. The minimum atomic E-state index is -1.23. The average Bonchev–Trinajstić information content (AvgIpc) is 3.58. The monoisotopic (exact) mass is 794 g/mol. The maximum atomic E-state index is 12.4. The summed E-state index contributed by atoms with van der Waals surface area (Å²) in [5, 5.41) is 18.3. The zero-order valence-corrected chi connectivity index (χ0v) is 29.2. The molecule has 5 rings (SSSR count). The fourth-order valence-electron chi connectivity index (χ4n) is 3.98. The standard InChI is InChI=1S/C17H11NO4.C13H11NO4.2C3H4O2.Co.Mn/c1-2-15(19)22-12-7-5-6-11(10-12)18-16(20)13-8-3-4-9-14(13)17(18)21;1-2-13(17)18-10-5-3-4-9(8-10)14-11(15)6-7-12(14)16;2*1-2-3(4)5;;/h2-10H,1H2;2-5,8H,1,6-7H2;2*2H,1H2,(H,4,5);;/q;;;;2*+2/p-2. The number of carbonyl (C=O) groups excluding carboxylic acids is 8. The van der Waals surface area contributed by atoms with Crippen molar-refractivity contribution in [3.63, 3.8) is 0 Å². The van der Waals surface area contributed by atoms with Gasteiger partial charge in [-0.15, -0.1) is 0 Å². The molecule has 14 nitrogen and oxygen atoms in total. The number of rotatable bonds is 8. The normalized spacial score (nSPS) is 11.8. The number of aliphatic carboxylic acids is 2. The van der Waals surface area contributed by atoms with Gasteiger partial charge in [-0.1, -0.05) is 50.6 Å². The quantitative estimate of drug-likeness (QED) is 0.105. The van der Waals surface area contributed by atoms with Crippen LogP contribution in [0, 0.1) is 0 Å². The Hall–Kier alpha value is -6.19. The second kappa shape index (κ2) is 22.5. The summed E-state index contributed by atoms with van der Waals surface area (Å²) in [5.41, 5.74) is 1.49. The van der Waals surface area contributed by atoms with Crippen LogP contribution in [-0.2, 0) is 62.6 Å². The van der Waals surface area contributed by atoms with Crippen molar-refractivity contribution in [1.82, 2.24) is 0 Å². The van der Waals surface area contributed by atoms with Gasteiger partial charge in [0.05, 0.1) is 34.4 Å². The first-order valence-electron chi connectivity index (χ1n) is 14.2. The van der Waals surface area contributed by atoms with Crippen LogP contribution in [0.15, 0.2) is 123 Å². The molecule has 268 valence electrons. The van der Waals surface area contributed by atoms with Crippen molar-refractivity contribution >= 4 is 58.9 Å². The van der Waals surface area contributed by atoms with Gasteiger partial charge in [-0.05, 0) is 48.6 Å². The van der Waals surface area contributed by atoms with Crippen LogP contribution in [0.3, 0.4) is 0 Å². The molecule has 2 heterocycles. The Morgan fingerprint density at radius 3 is 1.25 bits per heavy atom. The van der Waals surface area contributed by atoms with Gasteiger partial charge in [0.15, 0.2) is 0 Å². The summed E-state index contributed by atoms with van der Waals surface area (Å²) in [6.07, 6.45) is 3.96. The third kappa shape index (κ3) is 13.3. The number of hydrogen-bond acceptors (Lipinski definition) is 12. The molecule has 16 heteroatoms. The first-order valence-corrected chi connectivity index (χ1v) is 14.2. The molecule has 3 aromatic carbocycles. The summed E-state index contributed by atoms with van der Waals surface area (Å²) in [6, 6.07) is 19.1. The van der Waals surface area contributed by atoms with Crippen LogP contribution in [0.2, 0.25) is 0 Å². The molecule has 0 atom stereocenters. The number of nitrogens with zero attached hydrogens (tertiary/aromatic N) is 2. The zero-order chi connectivity index (χ0) is 37.4. The van der Waals surface area contributed by atoms with E-state index in [-0.39, 0.29) is 70.0 Å². The van der Waals surface area contributed by atoms with Gasteiger partial charge < -0.3 is 29.3 Å². The number of fused-ring (bicyclic) bond motifs is 1. The van der Waals surface area contributed by atoms with Gasteiger partial charge in [0, 0.05) is 37.1 Å². The van der Waals surface area contributed by atoms with Crippen LogP contribution >= 0.6 is 0 Å². The number of imide groups is 2. The Morgan fingerprint density at radius 2 is 0.923 bits per heavy atom. The van der Waals surface area contributed by atoms with E-state index in [1.807, 2.05) is 0 Å². The second-order valence-electron chi connectivity index (χ2n) is 9.41. The van der Waals surface area contributed by atoms with Gasteiger partial charge in [0.25, 0.3) is 11.8 Å². The minimum absolute atomic E-state index is 0. The average molecular weight is 794 g/mol. The molecule has 0 unspecified atom stereocenters. The summed E-state index contributed by atoms with van der Waals surface area (Å²) in [5.74, 6) is -4.44. The van der Waals surface area contributed by atoms with Crippen molar-refractivity contribution in [3.05, 3.63) is 135 Å². The van der Waals surface area contributed by atoms with E-state index < -0.39 is 35.7 Å². The Kier molecular flexibility index (Phi) is 19.8. The van der Waals surface area contributed by atoms with E-state index in [9.17, 15) is 28.8 Å². The number of benzene rings is 3. The van der Waals surface area contributed by atoms with E-state index in [0.717, 1.165) is 34.1 Å². The molecule has 0 aromatic heterocycles. The molecule has 0 spiro atoms. The molecule has 0 bridgehead atoms. The second-order valence-corrected chi connectivity index (χ2v) is 9.41. The van der Waals surface area contributed by atoms with E-state index in [4.69, 9.17) is 29.3 Å². The van der Waals surface area contributed by atoms with Gasteiger partial charge in [-0.3, -0.25) is 24.1 Å². The van der Waals surface area contributed by atoms with E-state index >= 15 is 0 Å². The molecular weight excluding hydrogens is 766 g/mol. The smallest absolute Gasteiger partial charge is 0.545 e. The maximum absolute atomic E-state index is 12.4. The summed E-state index contributed by atoms with van der Waals surface area (Å²) < 4.78 is 9.93. The number of amides is 4. The number of esters is 2. The number of carbonyl (C=O) groups is 8. The van der Waals surface area contributed by atoms with Crippen molar-refractivity contribution < 1.29 is 91.9 Å². The van der Waals surface area contributed by atoms with Gasteiger partial charge in [-0.2, -0.15) is 0 Å². The van der Waals surface area contributed by atoms with E-state index in [1.165, 1.54) is 12.1 Å². The van der Waals surface area contributed by atoms with Crippen molar-refractivity contribution in [1.29, 1.82) is 0 Å². The molecule has 0 aliphatic carbocycles. The number of hydrogen-bond donors (Lipinski definition) is 0. The number of ether oxygens (including phenoxy) is 2. The van der Waals surface area contributed by atoms with E-state index in [1.54, 1.807) is 60.7 Å². The predicted molar refractivity (Wildman–Crippen MR) is 174 cm³/mol. The number of carboxylic acid groups (broad SMARTS) is 2. The summed E-state index contributed by atoms with van der Waals surface area (Å²) >= 11 is 0. The van der Waals surface area contributed by atoms with Crippen LogP contribution < -0.4 is 29.5 Å². The van der Waals surface area contributed by atoms with Gasteiger partial charge in [-0.25, -0.2) is 14.5 Å².